The van der Waals surface area contributed by atoms with Gasteiger partial charge in [0.1, 0.15) is 0 Å². The van der Waals surface area contributed by atoms with Gasteiger partial charge in [-0.05, 0) is 32.0 Å². The molecule has 0 fully saturated rings. The molecule has 0 atom stereocenters. The van der Waals surface area contributed by atoms with Crippen molar-refractivity contribution in [3.63, 3.8) is 0 Å². The van der Waals surface area contributed by atoms with Gasteiger partial charge < -0.3 is 10.0 Å². The minimum atomic E-state index is -0.890. The van der Waals surface area contributed by atoms with Crippen LogP contribution in [0.3, 0.4) is 0 Å². The summed E-state index contributed by atoms with van der Waals surface area (Å²) in [6.07, 6.45) is 0. The molecule has 96 valence electrons. The molecule has 2 aromatic rings. The Kier molecular flexibility index (Phi) is 3.36. The van der Waals surface area contributed by atoms with Crippen LogP contribution in [0.5, 0.6) is 0 Å². The lowest BCUT2D eigenvalue weighted by Crippen LogP contribution is -2.39. The number of thiazole rings is 1. The van der Waals surface area contributed by atoms with Gasteiger partial charge in [-0.1, -0.05) is 0 Å². The number of hydrogen-bond acceptors (Lipinski definition) is 4. The quantitative estimate of drug-likeness (QED) is 0.924. The lowest BCUT2D eigenvalue weighted by molar-refractivity contribution is 0.0368. The van der Waals surface area contributed by atoms with Gasteiger partial charge in [-0.15, -0.1) is 11.3 Å². The van der Waals surface area contributed by atoms with Crippen molar-refractivity contribution in [3.8, 4) is 0 Å². The number of fused-ring (bicyclic) bond motifs is 1. The molecule has 18 heavy (non-hydrogen) atoms. The number of carbonyl (C=O) groups is 1. The van der Waals surface area contributed by atoms with E-state index in [-0.39, 0.29) is 5.91 Å². The van der Waals surface area contributed by atoms with Crippen molar-refractivity contribution in [1.29, 1.82) is 0 Å². The molecule has 1 heterocycles. The highest BCUT2D eigenvalue weighted by Gasteiger charge is 2.20. The van der Waals surface area contributed by atoms with E-state index in [1.165, 1.54) is 16.2 Å². The number of likely N-dealkylation sites (N-methyl/N-ethyl adjacent to an activating group) is 1. The number of aliphatic hydroxyl groups is 1. The second-order valence-corrected chi connectivity index (χ2v) is 5.89. The van der Waals surface area contributed by atoms with Crippen LogP contribution in [-0.4, -0.2) is 40.1 Å². The molecule has 0 bridgehead atoms. The van der Waals surface area contributed by atoms with Gasteiger partial charge in [0, 0.05) is 19.2 Å². The summed E-state index contributed by atoms with van der Waals surface area (Å²) in [4.78, 5) is 17.9. The largest absolute Gasteiger partial charge is 0.389 e. The summed E-state index contributed by atoms with van der Waals surface area (Å²) >= 11 is 1.51. The van der Waals surface area contributed by atoms with Crippen LogP contribution in [0.2, 0.25) is 0 Å². The number of amides is 1. The number of nitrogens with zero attached hydrogens (tertiary/aromatic N) is 2. The first-order valence-corrected chi connectivity index (χ1v) is 6.56. The Labute approximate surface area is 110 Å². The molecule has 0 aliphatic carbocycles. The zero-order valence-electron chi connectivity index (χ0n) is 10.7. The Morgan fingerprint density at radius 2 is 2.22 bits per heavy atom. The fourth-order valence-electron chi connectivity index (χ4n) is 1.86. The van der Waals surface area contributed by atoms with Crippen LogP contribution in [0.4, 0.5) is 0 Å². The molecule has 0 radical (unpaired) electrons. The van der Waals surface area contributed by atoms with Gasteiger partial charge >= 0.3 is 0 Å². The first kappa shape index (κ1) is 13.0. The second-order valence-electron chi connectivity index (χ2n) is 5.01. The summed E-state index contributed by atoms with van der Waals surface area (Å²) in [6.45, 7) is 3.67. The highest BCUT2D eigenvalue weighted by molar-refractivity contribution is 7.16. The van der Waals surface area contributed by atoms with Gasteiger partial charge in [0.2, 0.25) is 0 Å². The van der Waals surface area contributed by atoms with E-state index in [0.717, 1.165) is 10.2 Å². The normalized spacial score (nSPS) is 11.8. The van der Waals surface area contributed by atoms with E-state index in [0.29, 0.717) is 12.1 Å². The average Bonchev–Trinajstić information content (AvgIpc) is 2.72. The van der Waals surface area contributed by atoms with E-state index in [9.17, 15) is 9.90 Å². The average molecular weight is 264 g/mol. The van der Waals surface area contributed by atoms with Crippen LogP contribution in [0, 0.1) is 0 Å². The van der Waals surface area contributed by atoms with Crippen LogP contribution < -0.4 is 0 Å². The maximum Gasteiger partial charge on any atom is 0.253 e. The molecule has 2 rings (SSSR count). The first-order valence-electron chi connectivity index (χ1n) is 5.68. The monoisotopic (exact) mass is 264 g/mol. The number of carbonyl (C=O) groups excluding carboxylic acids is 1. The van der Waals surface area contributed by atoms with Crippen LogP contribution >= 0.6 is 11.3 Å². The van der Waals surface area contributed by atoms with Crippen molar-refractivity contribution in [2.45, 2.75) is 19.4 Å². The van der Waals surface area contributed by atoms with E-state index >= 15 is 0 Å². The lowest BCUT2D eigenvalue weighted by Gasteiger charge is -2.25. The third kappa shape index (κ3) is 2.86. The summed E-state index contributed by atoms with van der Waals surface area (Å²) in [5.41, 5.74) is 2.40. The van der Waals surface area contributed by atoms with E-state index in [4.69, 9.17) is 0 Å². The minimum Gasteiger partial charge on any atom is -0.389 e. The van der Waals surface area contributed by atoms with Crippen LogP contribution in [-0.2, 0) is 0 Å². The summed E-state index contributed by atoms with van der Waals surface area (Å²) in [7, 11) is 1.69. The van der Waals surface area contributed by atoms with Crippen molar-refractivity contribution in [2.75, 3.05) is 13.6 Å². The SMILES string of the molecule is CN(CC(C)(C)O)C(=O)c1ccc2ncsc2c1. The fraction of sp³-hybridized carbons (Fsp3) is 0.385. The zero-order chi connectivity index (χ0) is 13.3. The zero-order valence-corrected chi connectivity index (χ0v) is 11.5. The molecule has 4 nitrogen and oxygen atoms in total. The summed E-state index contributed by atoms with van der Waals surface area (Å²) in [5.74, 6) is -0.0903. The molecule has 0 saturated carbocycles. The predicted molar refractivity (Wildman–Crippen MR) is 72.9 cm³/mol. The van der Waals surface area contributed by atoms with Crippen molar-refractivity contribution in [2.24, 2.45) is 0 Å². The number of hydrogen-bond donors (Lipinski definition) is 1. The highest BCUT2D eigenvalue weighted by Crippen LogP contribution is 2.20. The fourth-order valence-corrected chi connectivity index (χ4v) is 2.58. The Morgan fingerprint density at radius 3 is 2.89 bits per heavy atom. The Hall–Kier alpha value is -1.46. The van der Waals surface area contributed by atoms with Gasteiger partial charge in [0.25, 0.3) is 5.91 Å². The number of rotatable bonds is 3. The van der Waals surface area contributed by atoms with Crippen molar-refractivity contribution < 1.29 is 9.90 Å². The smallest absolute Gasteiger partial charge is 0.253 e. The predicted octanol–water partition coefficient (Wildman–Crippen LogP) is 2.14. The molecule has 0 aliphatic heterocycles. The highest BCUT2D eigenvalue weighted by atomic mass is 32.1. The molecule has 1 aromatic carbocycles. The number of benzene rings is 1. The van der Waals surface area contributed by atoms with E-state index < -0.39 is 5.60 Å². The number of aromatic nitrogens is 1. The van der Waals surface area contributed by atoms with Crippen molar-refractivity contribution in [3.05, 3.63) is 29.3 Å². The molecule has 0 unspecified atom stereocenters. The summed E-state index contributed by atoms with van der Waals surface area (Å²) in [6, 6.07) is 5.46. The van der Waals surface area contributed by atoms with Crippen molar-refractivity contribution in [1.82, 2.24) is 9.88 Å². The molecule has 0 aliphatic rings. The molecule has 0 saturated heterocycles. The Morgan fingerprint density at radius 1 is 1.50 bits per heavy atom. The maximum absolute atomic E-state index is 12.2. The Balaban J connectivity index is 2.22. The summed E-state index contributed by atoms with van der Waals surface area (Å²) in [5, 5.41) is 9.72. The van der Waals surface area contributed by atoms with Crippen LogP contribution in [0.1, 0.15) is 24.2 Å². The van der Waals surface area contributed by atoms with Gasteiger partial charge in [-0.25, -0.2) is 4.98 Å². The molecule has 1 amide bonds. The lowest BCUT2D eigenvalue weighted by atomic mass is 10.1. The molecule has 5 heteroatoms. The third-order valence-corrected chi connectivity index (χ3v) is 3.34. The van der Waals surface area contributed by atoms with E-state index in [1.807, 2.05) is 12.1 Å². The third-order valence-electron chi connectivity index (χ3n) is 2.55. The molecule has 1 aromatic heterocycles. The maximum atomic E-state index is 12.2. The molecular formula is C13H16N2O2S. The first-order chi connectivity index (χ1) is 8.37. The second kappa shape index (κ2) is 4.66. The van der Waals surface area contributed by atoms with E-state index in [1.54, 1.807) is 32.5 Å². The van der Waals surface area contributed by atoms with Gasteiger partial charge in [-0.3, -0.25) is 4.79 Å². The standard InChI is InChI=1S/C13H16N2O2S/c1-13(2,17)7-15(3)12(16)9-4-5-10-11(6-9)18-8-14-10/h4-6,8,17H,7H2,1-3H3. The topological polar surface area (TPSA) is 53.4 Å². The summed E-state index contributed by atoms with van der Waals surface area (Å²) < 4.78 is 0.998. The van der Waals surface area contributed by atoms with Crippen LogP contribution in [0.15, 0.2) is 23.7 Å². The molecule has 0 spiro atoms. The molecular weight excluding hydrogens is 248 g/mol. The van der Waals surface area contributed by atoms with Gasteiger partial charge in [-0.2, -0.15) is 0 Å². The minimum absolute atomic E-state index is 0.0903. The van der Waals surface area contributed by atoms with Gasteiger partial charge in [0.15, 0.2) is 0 Å². The molecule has 1 N–H and O–H groups in total. The van der Waals surface area contributed by atoms with Gasteiger partial charge in [0.05, 0.1) is 21.3 Å². The van der Waals surface area contributed by atoms with Crippen molar-refractivity contribution >= 4 is 27.5 Å². The van der Waals surface area contributed by atoms with Crippen LogP contribution in [0.25, 0.3) is 10.2 Å². The Bertz CT molecular complexity index is 572. The van der Waals surface area contributed by atoms with E-state index in [2.05, 4.69) is 4.98 Å².